The zero-order chi connectivity index (χ0) is 17.4. The maximum absolute atomic E-state index is 6.03. The Hall–Kier alpha value is -2.20. The van der Waals surface area contributed by atoms with Gasteiger partial charge in [0.05, 0.1) is 20.3 Å². The topological polar surface area (TPSA) is 53.7 Å². The van der Waals surface area contributed by atoms with Crippen molar-refractivity contribution in [3.05, 3.63) is 53.6 Å². The molecule has 2 N–H and O–H groups in total. The Morgan fingerprint density at radius 3 is 2.17 bits per heavy atom. The molecule has 0 amide bonds. The molecule has 0 saturated carbocycles. The van der Waals surface area contributed by atoms with E-state index in [1.54, 1.807) is 7.11 Å². The Morgan fingerprint density at radius 1 is 0.917 bits per heavy atom. The van der Waals surface area contributed by atoms with Crippen molar-refractivity contribution in [1.82, 2.24) is 0 Å². The molecule has 0 aromatic heterocycles. The quantitative estimate of drug-likeness (QED) is 0.761. The van der Waals surface area contributed by atoms with Crippen LogP contribution in [0.15, 0.2) is 42.5 Å². The number of ether oxygens (including phenoxy) is 3. The third-order valence-electron chi connectivity index (χ3n) is 3.96. The maximum Gasteiger partial charge on any atom is 0.161 e. The first-order valence-electron chi connectivity index (χ1n) is 8.44. The summed E-state index contributed by atoms with van der Waals surface area (Å²) in [4.78, 5) is 0. The molecular weight excluding hydrogens is 302 g/mol. The van der Waals surface area contributed by atoms with E-state index in [9.17, 15) is 0 Å². The molecule has 4 nitrogen and oxygen atoms in total. The first-order chi connectivity index (χ1) is 11.7. The van der Waals surface area contributed by atoms with Crippen LogP contribution in [0.4, 0.5) is 0 Å². The lowest BCUT2D eigenvalue weighted by Gasteiger charge is -2.18. The van der Waals surface area contributed by atoms with Crippen molar-refractivity contribution in [2.24, 2.45) is 5.73 Å². The molecule has 2 aromatic rings. The van der Waals surface area contributed by atoms with Crippen LogP contribution in [0, 0.1) is 0 Å². The number of hydrogen-bond acceptors (Lipinski definition) is 4. The average Bonchev–Trinajstić information content (AvgIpc) is 2.62. The lowest BCUT2D eigenvalue weighted by molar-refractivity contribution is 0.287. The second kappa shape index (κ2) is 9.18. The van der Waals surface area contributed by atoms with Crippen molar-refractivity contribution in [2.75, 3.05) is 26.9 Å². The van der Waals surface area contributed by atoms with Gasteiger partial charge in [-0.25, -0.2) is 0 Å². The molecular formula is C20H27NO3. The van der Waals surface area contributed by atoms with Crippen molar-refractivity contribution in [3.8, 4) is 17.2 Å². The lowest BCUT2D eigenvalue weighted by atomic mass is 9.92. The van der Waals surface area contributed by atoms with Crippen LogP contribution in [0.1, 0.15) is 30.9 Å². The van der Waals surface area contributed by atoms with E-state index in [1.807, 2.05) is 32.0 Å². The van der Waals surface area contributed by atoms with Gasteiger partial charge in [-0.2, -0.15) is 0 Å². The molecule has 0 spiro atoms. The van der Waals surface area contributed by atoms with E-state index in [2.05, 4.69) is 24.3 Å². The van der Waals surface area contributed by atoms with Gasteiger partial charge in [0.1, 0.15) is 5.75 Å². The van der Waals surface area contributed by atoms with Crippen molar-refractivity contribution in [1.29, 1.82) is 0 Å². The van der Waals surface area contributed by atoms with Gasteiger partial charge in [-0.15, -0.1) is 0 Å². The smallest absolute Gasteiger partial charge is 0.161 e. The van der Waals surface area contributed by atoms with E-state index in [4.69, 9.17) is 19.9 Å². The van der Waals surface area contributed by atoms with Crippen LogP contribution in [0.2, 0.25) is 0 Å². The summed E-state index contributed by atoms with van der Waals surface area (Å²) in [5.74, 6) is 2.66. The largest absolute Gasteiger partial charge is 0.497 e. The molecule has 24 heavy (non-hydrogen) atoms. The minimum atomic E-state index is 0.230. The van der Waals surface area contributed by atoms with Gasteiger partial charge in [-0.3, -0.25) is 0 Å². The van der Waals surface area contributed by atoms with Crippen molar-refractivity contribution in [3.63, 3.8) is 0 Å². The summed E-state index contributed by atoms with van der Waals surface area (Å²) in [5, 5.41) is 0. The summed E-state index contributed by atoms with van der Waals surface area (Å²) < 4.78 is 16.6. The molecule has 0 heterocycles. The van der Waals surface area contributed by atoms with E-state index < -0.39 is 0 Å². The molecule has 0 fully saturated rings. The Morgan fingerprint density at radius 2 is 1.58 bits per heavy atom. The lowest BCUT2D eigenvalue weighted by Crippen LogP contribution is -2.15. The van der Waals surface area contributed by atoms with Gasteiger partial charge in [0.2, 0.25) is 0 Å². The average molecular weight is 329 g/mol. The Kier molecular flexibility index (Phi) is 6.94. The fraction of sp³-hybridized carbons (Fsp3) is 0.400. The number of rotatable bonds is 9. The number of nitrogens with two attached hydrogens (primary N) is 1. The third-order valence-corrected chi connectivity index (χ3v) is 3.96. The van der Waals surface area contributed by atoms with Crippen LogP contribution < -0.4 is 19.9 Å². The summed E-state index contributed by atoms with van der Waals surface area (Å²) in [6, 6.07) is 14.2. The second-order valence-electron chi connectivity index (χ2n) is 5.56. The van der Waals surface area contributed by atoms with Gasteiger partial charge in [0, 0.05) is 5.92 Å². The third kappa shape index (κ3) is 4.65. The summed E-state index contributed by atoms with van der Waals surface area (Å²) in [6.45, 7) is 5.74. The molecule has 1 unspecified atom stereocenters. The monoisotopic (exact) mass is 329 g/mol. The van der Waals surface area contributed by atoms with Gasteiger partial charge < -0.3 is 19.9 Å². The number of hydrogen-bond donors (Lipinski definition) is 1. The molecule has 0 radical (unpaired) electrons. The molecule has 0 aliphatic heterocycles. The van der Waals surface area contributed by atoms with Gasteiger partial charge in [0.15, 0.2) is 11.5 Å². The van der Waals surface area contributed by atoms with E-state index in [-0.39, 0.29) is 5.92 Å². The molecule has 2 rings (SSSR count). The van der Waals surface area contributed by atoms with Crippen molar-refractivity contribution >= 4 is 0 Å². The fourth-order valence-electron chi connectivity index (χ4n) is 2.71. The van der Waals surface area contributed by atoms with Crippen LogP contribution >= 0.6 is 0 Å². The van der Waals surface area contributed by atoms with Gasteiger partial charge in [-0.1, -0.05) is 18.2 Å². The molecule has 4 heteroatoms. The predicted molar refractivity (Wildman–Crippen MR) is 97.3 cm³/mol. The van der Waals surface area contributed by atoms with Gasteiger partial charge in [0.25, 0.3) is 0 Å². The molecule has 0 saturated heterocycles. The summed E-state index contributed by atoms with van der Waals surface area (Å²) in [7, 11) is 1.67. The van der Waals surface area contributed by atoms with Gasteiger partial charge >= 0.3 is 0 Å². The Bertz CT molecular complexity index is 625. The summed E-state index contributed by atoms with van der Waals surface area (Å²) in [6.07, 6.45) is 0.875. The first-order valence-corrected chi connectivity index (χ1v) is 8.44. The van der Waals surface area contributed by atoms with E-state index >= 15 is 0 Å². The van der Waals surface area contributed by atoms with Crippen LogP contribution in [0.3, 0.4) is 0 Å². The standard InChI is InChI=1S/C20H27NO3/c1-4-23-19-11-8-16(13-20(19)24-5-2)17(14-21)12-15-6-9-18(22-3)10-7-15/h6-11,13,17H,4-5,12,14,21H2,1-3H3. The first kappa shape index (κ1) is 18.1. The Labute approximate surface area is 144 Å². The zero-order valence-corrected chi connectivity index (χ0v) is 14.7. The fourth-order valence-corrected chi connectivity index (χ4v) is 2.71. The Balaban J connectivity index is 2.20. The van der Waals surface area contributed by atoms with E-state index in [0.29, 0.717) is 19.8 Å². The minimum Gasteiger partial charge on any atom is -0.497 e. The number of benzene rings is 2. The molecule has 130 valence electrons. The van der Waals surface area contributed by atoms with E-state index in [0.717, 1.165) is 23.7 Å². The highest BCUT2D eigenvalue weighted by Gasteiger charge is 2.14. The van der Waals surface area contributed by atoms with Crippen LogP contribution in [0.25, 0.3) is 0 Å². The highest BCUT2D eigenvalue weighted by molar-refractivity contribution is 5.44. The predicted octanol–water partition coefficient (Wildman–Crippen LogP) is 3.78. The molecule has 0 bridgehead atoms. The van der Waals surface area contributed by atoms with E-state index in [1.165, 1.54) is 11.1 Å². The van der Waals surface area contributed by atoms with Crippen LogP contribution in [-0.4, -0.2) is 26.9 Å². The van der Waals surface area contributed by atoms with Crippen molar-refractivity contribution in [2.45, 2.75) is 26.2 Å². The second-order valence-corrected chi connectivity index (χ2v) is 5.56. The van der Waals surface area contributed by atoms with Crippen LogP contribution in [-0.2, 0) is 6.42 Å². The molecule has 0 aliphatic rings. The summed E-state index contributed by atoms with van der Waals surface area (Å²) in [5.41, 5.74) is 8.43. The zero-order valence-electron chi connectivity index (χ0n) is 14.7. The maximum atomic E-state index is 6.03. The highest BCUT2D eigenvalue weighted by atomic mass is 16.5. The SMILES string of the molecule is CCOc1ccc(C(CN)Cc2ccc(OC)cc2)cc1OCC. The normalized spacial score (nSPS) is 11.8. The summed E-state index contributed by atoms with van der Waals surface area (Å²) >= 11 is 0. The van der Waals surface area contributed by atoms with Crippen LogP contribution in [0.5, 0.6) is 17.2 Å². The van der Waals surface area contributed by atoms with Gasteiger partial charge in [-0.05, 0) is 62.2 Å². The highest BCUT2D eigenvalue weighted by Crippen LogP contribution is 2.32. The molecule has 1 atom stereocenters. The molecule has 0 aliphatic carbocycles. The molecule has 2 aromatic carbocycles. The minimum absolute atomic E-state index is 0.230. The number of methoxy groups -OCH3 is 1. The van der Waals surface area contributed by atoms with Crippen molar-refractivity contribution < 1.29 is 14.2 Å².